The van der Waals surface area contributed by atoms with Gasteiger partial charge in [0, 0.05) is 17.0 Å². The molecule has 0 amide bonds. The molecule has 1 heterocycles. The van der Waals surface area contributed by atoms with Crippen molar-refractivity contribution in [3.8, 4) is 0 Å². The Bertz CT molecular complexity index is 573. The lowest BCUT2D eigenvalue weighted by Crippen LogP contribution is -1.98. The number of hydrogen-bond donors (Lipinski definition) is 0. The van der Waals surface area contributed by atoms with Crippen molar-refractivity contribution in [1.82, 2.24) is 9.78 Å². The third-order valence-corrected chi connectivity index (χ3v) is 2.46. The lowest BCUT2D eigenvalue weighted by molar-refractivity contribution is -0.385. The van der Waals surface area contributed by atoms with Crippen LogP contribution >= 0.6 is 0 Å². The molecule has 0 saturated carbocycles. The van der Waals surface area contributed by atoms with Crippen LogP contribution in [0.1, 0.15) is 19.4 Å². The summed E-state index contributed by atoms with van der Waals surface area (Å²) in [4.78, 5) is 10.4. The summed E-state index contributed by atoms with van der Waals surface area (Å²) in [6.45, 7) is 9.89. The van der Waals surface area contributed by atoms with Gasteiger partial charge in [0.05, 0.1) is 23.2 Å². The maximum Gasteiger partial charge on any atom is 0.274 e. The summed E-state index contributed by atoms with van der Waals surface area (Å²) in [5.41, 5.74) is 1.53. The Balaban J connectivity index is 0.000000771. The van der Waals surface area contributed by atoms with Crippen molar-refractivity contribution in [3.63, 3.8) is 0 Å². The lowest BCUT2D eigenvalue weighted by atomic mass is 10.1. The van der Waals surface area contributed by atoms with Gasteiger partial charge in [-0.15, -0.1) is 6.58 Å². The standard InChI is InChI=1S/C11H11N3O2.C2H6/c1-3-4-13-11-6-10(14(15)16)8(2)5-9(11)7-12-13;1-2/h3,5-7H,1,4H2,2H3;1-2H3. The first-order valence-corrected chi connectivity index (χ1v) is 5.85. The highest BCUT2D eigenvalue weighted by molar-refractivity contribution is 5.82. The Kier molecular flexibility index (Phi) is 4.59. The maximum atomic E-state index is 10.8. The molecule has 0 spiro atoms. The molecule has 0 aliphatic heterocycles. The van der Waals surface area contributed by atoms with Gasteiger partial charge in [0.1, 0.15) is 0 Å². The fraction of sp³-hybridized carbons (Fsp3) is 0.308. The molecule has 0 aliphatic carbocycles. The Morgan fingerprint density at radius 3 is 2.72 bits per heavy atom. The summed E-state index contributed by atoms with van der Waals surface area (Å²) in [5, 5.41) is 15.9. The lowest BCUT2D eigenvalue weighted by Gasteiger charge is -2.00. The highest BCUT2D eigenvalue weighted by atomic mass is 16.6. The van der Waals surface area contributed by atoms with Crippen LogP contribution in [-0.4, -0.2) is 14.7 Å². The molecule has 2 aromatic rings. The fourth-order valence-corrected chi connectivity index (χ4v) is 1.69. The van der Waals surface area contributed by atoms with Crippen LogP contribution in [0, 0.1) is 17.0 Å². The number of nitro benzene ring substituents is 1. The molecule has 0 fully saturated rings. The third kappa shape index (κ3) is 2.56. The summed E-state index contributed by atoms with van der Waals surface area (Å²) < 4.78 is 1.69. The molecule has 96 valence electrons. The van der Waals surface area contributed by atoms with E-state index in [0.717, 1.165) is 10.9 Å². The van der Waals surface area contributed by atoms with Gasteiger partial charge in [-0.05, 0) is 13.0 Å². The van der Waals surface area contributed by atoms with Crippen LogP contribution in [0.25, 0.3) is 10.9 Å². The summed E-state index contributed by atoms with van der Waals surface area (Å²) in [6.07, 6.45) is 3.41. The van der Waals surface area contributed by atoms with Gasteiger partial charge in [-0.1, -0.05) is 19.9 Å². The van der Waals surface area contributed by atoms with E-state index in [1.54, 1.807) is 36.0 Å². The zero-order chi connectivity index (χ0) is 13.7. The first-order chi connectivity index (χ1) is 8.63. The topological polar surface area (TPSA) is 61.0 Å². The summed E-state index contributed by atoms with van der Waals surface area (Å²) in [5.74, 6) is 0. The number of allylic oxidation sites excluding steroid dienone is 1. The number of rotatable bonds is 3. The van der Waals surface area contributed by atoms with Crippen molar-refractivity contribution in [2.45, 2.75) is 27.3 Å². The molecule has 5 heteroatoms. The highest BCUT2D eigenvalue weighted by Crippen LogP contribution is 2.25. The number of benzene rings is 1. The minimum Gasteiger partial charge on any atom is -0.261 e. The van der Waals surface area contributed by atoms with Gasteiger partial charge in [0.25, 0.3) is 5.69 Å². The molecule has 18 heavy (non-hydrogen) atoms. The van der Waals surface area contributed by atoms with Crippen LogP contribution in [0.4, 0.5) is 5.69 Å². The molecule has 5 nitrogen and oxygen atoms in total. The smallest absolute Gasteiger partial charge is 0.261 e. The first kappa shape index (κ1) is 13.9. The van der Waals surface area contributed by atoms with Crippen molar-refractivity contribution >= 4 is 16.6 Å². The Labute approximate surface area is 106 Å². The number of aryl methyl sites for hydroxylation is 1. The minimum absolute atomic E-state index is 0.123. The van der Waals surface area contributed by atoms with Crippen LogP contribution in [0.15, 0.2) is 31.0 Å². The predicted octanol–water partition coefficient (Wildman–Crippen LogP) is 3.47. The summed E-state index contributed by atoms with van der Waals surface area (Å²) in [6, 6.07) is 3.33. The Morgan fingerprint density at radius 2 is 2.17 bits per heavy atom. The SMILES string of the molecule is C=CCn1ncc2cc(C)c([N+](=O)[O-])cc21.CC. The number of nitrogens with zero attached hydrogens (tertiary/aromatic N) is 3. The predicted molar refractivity (Wildman–Crippen MR) is 72.7 cm³/mol. The molecule has 1 aromatic carbocycles. The zero-order valence-corrected chi connectivity index (χ0v) is 10.9. The van der Waals surface area contributed by atoms with Gasteiger partial charge in [-0.3, -0.25) is 14.8 Å². The van der Waals surface area contributed by atoms with Gasteiger partial charge in [0.15, 0.2) is 0 Å². The second-order valence-electron chi connectivity index (χ2n) is 3.57. The van der Waals surface area contributed by atoms with Gasteiger partial charge >= 0.3 is 0 Å². The van der Waals surface area contributed by atoms with E-state index >= 15 is 0 Å². The normalized spacial score (nSPS) is 9.72. The molecule has 0 aliphatic rings. The van der Waals surface area contributed by atoms with Gasteiger partial charge < -0.3 is 0 Å². The van der Waals surface area contributed by atoms with E-state index in [2.05, 4.69) is 11.7 Å². The second kappa shape index (κ2) is 5.95. The average Bonchev–Trinajstić information content (AvgIpc) is 2.73. The number of fused-ring (bicyclic) bond motifs is 1. The number of nitro groups is 1. The number of hydrogen-bond acceptors (Lipinski definition) is 3. The van der Waals surface area contributed by atoms with Crippen LogP contribution in [0.3, 0.4) is 0 Å². The molecule has 0 saturated heterocycles. The van der Waals surface area contributed by atoms with E-state index in [4.69, 9.17) is 0 Å². The van der Waals surface area contributed by atoms with Crippen molar-refractivity contribution in [1.29, 1.82) is 0 Å². The summed E-state index contributed by atoms with van der Waals surface area (Å²) in [7, 11) is 0. The van der Waals surface area contributed by atoms with Crippen molar-refractivity contribution < 1.29 is 4.92 Å². The summed E-state index contributed by atoms with van der Waals surface area (Å²) >= 11 is 0. The average molecular weight is 247 g/mol. The molecule has 1 aromatic heterocycles. The molecule has 0 atom stereocenters. The first-order valence-electron chi connectivity index (χ1n) is 5.85. The van der Waals surface area contributed by atoms with E-state index in [1.807, 2.05) is 13.8 Å². The Hall–Kier alpha value is -2.17. The molecular formula is C13H17N3O2. The van der Waals surface area contributed by atoms with Gasteiger partial charge in [-0.2, -0.15) is 5.10 Å². The van der Waals surface area contributed by atoms with Crippen LogP contribution < -0.4 is 0 Å². The van der Waals surface area contributed by atoms with Gasteiger partial charge in [0.2, 0.25) is 0 Å². The van der Waals surface area contributed by atoms with Crippen molar-refractivity contribution in [2.24, 2.45) is 0 Å². The molecule has 0 radical (unpaired) electrons. The Morgan fingerprint density at radius 1 is 1.50 bits per heavy atom. The molecular weight excluding hydrogens is 230 g/mol. The van der Waals surface area contributed by atoms with Crippen LogP contribution in [0.5, 0.6) is 0 Å². The quantitative estimate of drug-likeness (QED) is 0.474. The molecule has 0 N–H and O–H groups in total. The van der Waals surface area contributed by atoms with E-state index in [0.29, 0.717) is 12.1 Å². The van der Waals surface area contributed by atoms with E-state index in [1.165, 1.54) is 0 Å². The second-order valence-corrected chi connectivity index (χ2v) is 3.57. The van der Waals surface area contributed by atoms with Crippen molar-refractivity contribution in [2.75, 3.05) is 0 Å². The molecule has 2 rings (SSSR count). The van der Waals surface area contributed by atoms with Crippen molar-refractivity contribution in [3.05, 3.63) is 46.7 Å². The number of aromatic nitrogens is 2. The van der Waals surface area contributed by atoms with E-state index < -0.39 is 0 Å². The largest absolute Gasteiger partial charge is 0.274 e. The third-order valence-electron chi connectivity index (χ3n) is 2.46. The monoisotopic (exact) mass is 247 g/mol. The van der Waals surface area contributed by atoms with Crippen LogP contribution in [0.2, 0.25) is 0 Å². The fourth-order valence-electron chi connectivity index (χ4n) is 1.69. The minimum atomic E-state index is -0.375. The zero-order valence-electron chi connectivity index (χ0n) is 10.9. The maximum absolute atomic E-state index is 10.8. The van der Waals surface area contributed by atoms with E-state index in [9.17, 15) is 10.1 Å². The van der Waals surface area contributed by atoms with Gasteiger partial charge in [-0.25, -0.2) is 0 Å². The molecule has 0 bridgehead atoms. The van der Waals surface area contributed by atoms with Crippen LogP contribution in [-0.2, 0) is 6.54 Å². The van der Waals surface area contributed by atoms with E-state index in [-0.39, 0.29) is 10.6 Å². The highest BCUT2D eigenvalue weighted by Gasteiger charge is 2.13. The molecule has 0 unspecified atom stereocenters.